The van der Waals surface area contributed by atoms with Crippen LogP contribution in [0.2, 0.25) is 0 Å². The number of carbonyl (C=O) groups excluding carboxylic acids is 1. The Kier molecular flexibility index (Phi) is 3.80. The maximum atomic E-state index is 11.7. The number of nitrogens with zero attached hydrogens (tertiary/aromatic N) is 1. The number of hydrogen-bond donors (Lipinski definition) is 2. The Morgan fingerprint density at radius 2 is 1.67 bits per heavy atom. The van der Waals surface area contributed by atoms with Crippen LogP contribution in [0.15, 0.2) is 0 Å². The second kappa shape index (κ2) is 5.32. The summed E-state index contributed by atoms with van der Waals surface area (Å²) in [5.74, 6) is 0. The Labute approximate surface area is 90.1 Å². The monoisotopic (exact) mass is 213 g/mol. The van der Waals surface area contributed by atoms with E-state index in [2.05, 4.69) is 10.6 Å². The number of amides is 1. The number of ether oxygens (including phenoxy) is 1. The lowest BCUT2D eigenvalue weighted by molar-refractivity contribution is 0.0464. The zero-order valence-corrected chi connectivity index (χ0v) is 9.00. The Morgan fingerprint density at radius 3 is 2.33 bits per heavy atom. The molecule has 0 aromatic heterocycles. The van der Waals surface area contributed by atoms with Gasteiger partial charge >= 0.3 is 6.09 Å². The largest absolute Gasteiger partial charge is 0.446 e. The highest BCUT2D eigenvalue weighted by Crippen LogP contribution is 2.09. The van der Waals surface area contributed by atoms with Gasteiger partial charge in [0.05, 0.1) is 0 Å². The van der Waals surface area contributed by atoms with E-state index in [0.717, 1.165) is 52.1 Å². The zero-order valence-electron chi connectivity index (χ0n) is 9.00. The Balaban J connectivity index is 1.74. The Bertz CT molecular complexity index is 211. The summed E-state index contributed by atoms with van der Waals surface area (Å²) >= 11 is 0. The summed E-state index contributed by atoms with van der Waals surface area (Å²) in [6.45, 7) is 5.20. The van der Waals surface area contributed by atoms with Crippen molar-refractivity contribution >= 4 is 6.09 Å². The van der Waals surface area contributed by atoms with Crippen LogP contribution in [0.25, 0.3) is 0 Å². The van der Waals surface area contributed by atoms with Crippen LogP contribution in [-0.4, -0.2) is 56.4 Å². The van der Waals surface area contributed by atoms with Gasteiger partial charge in [0.2, 0.25) is 0 Å². The van der Waals surface area contributed by atoms with Crippen molar-refractivity contribution in [2.45, 2.75) is 18.9 Å². The fraction of sp³-hybridized carbons (Fsp3) is 0.900. The molecule has 2 saturated heterocycles. The molecule has 0 saturated carbocycles. The van der Waals surface area contributed by atoms with Crippen LogP contribution >= 0.6 is 0 Å². The van der Waals surface area contributed by atoms with E-state index in [1.165, 1.54) is 0 Å². The van der Waals surface area contributed by atoms with Gasteiger partial charge in [0.25, 0.3) is 0 Å². The summed E-state index contributed by atoms with van der Waals surface area (Å²) in [6.07, 6.45) is 1.87. The molecule has 0 bridgehead atoms. The zero-order chi connectivity index (χ0) is 10.5. The van der Waals surface area contributed by atoms with Crippen molar-refractivity contribution in [3.8, 4) is 0 Å². The molecule has 0 aliphatic carbocycles. The first kappa shape index (κ1) is 10.7. The van der Waals surface area contributed by atoms with Gasteiger partial charge in [-0.2, -0.15) is 0 Å². The smallest absolute Gasteiger partial charge is 0.410 e. The molecule has 0 atom stereocenters. The van der Waals surface area contributed by atoms with Crippen molar-refractivity contribution in [2.75, 3.05) is 39.3 Å². The van der Waals surface area contributed by atoms with Crippen molar-refractivity contribution in [3.05, 3.63) is 0 Å². The average Bonchev–Trinajstić information content (AvgIpc) is 2.31. The molecule has 5 nitrogen and oxygen atoms in total. The minimum absolute atomic E-state index is 0.119. The quantitative estimate of drug-likeness (QED) is 0.632. The van der Waals surface area contributed by atoms with E-state index in [9.17, 15) is 4.79 Å². The Hall–Kier alpha value is -0.810. The molecule has 0 aromatic rings. The number of piperazine rings is 1. The molecule has 1 amide bonds. The first-order chi connectivity index (χ1) is 7.36. The van der Waals surface area contributed by atoms with Gasteiger partial charge in [-0.25, -0.2) is 4.79 Å². The number of piperidine rings is 1. The summed E-state index contributed by atoms with van der Waals surface area (Å²) in [5.41, 5.74) is 0. The highest BCUT2D eigenvalue weighted by Gasteiger charge is 2.22. The second-order valence-corrected chi connectivity index (χ2v) is 4.07. The Morgan fingerprint density at radius 1 is 1.07 bits per heavy atom. The van der Waals surface area contributed by atoms with Crippen molar-refractivity contribution in [3.63, 3.8) is 0 Å². The van der Waals surface area contributed by atoms with Crippen LogP contribution in [0.4, 0.5) is 4.79 Å². The van der Waals surface area contributed by atoms with Gasteiger partial charge in [0.15, 0.2) is 0 Å². The lowest BCUT2D eigenvalue weighted by atomic mass is 10.1. The van der Waals surface area contributed by atoms with Crippen LogP contribution in [0.1, 0.15) is 12.8 Å². The topological polar surface area (TPSA) is 53.6 Å². The fourth-order valence-corrected chi connectivity index (χ4v) is 1.98. The molecule has 2 aliphatic rings. The molecule has 0 aromatic carbocycles. The molecular weight excluding hydrogens is 194 g/mol. The molecule has 0 radical (unpaired) electrons. The standard InChI is InChI=1S/C10H19N3O2/c14-10(13-7-5-12-6-8-13)15-9-1-3-11-4-2-9/h9,11-12H,1-8H2. The molecule has 2 N–H and O–H groups in total. The van der Waals surface area contributed by atoms with Crippen LogP contribution in [0.3, 0.4) is 0 Å². The summed E-state index contributed by atoms with van der Waals surface area (Å²) in [7, 11) is 0. The van der Waals surface area contributed by atoms with E-state index in [4.69, 9.17) is 4.74 Å². The van der Waals surface area contributed by atoms with E-state index in [1.54, 1.807) is 4.90 Å². The van der Waals surface area contributed by atoms with Crippen LogP contribution < -0.4 is 10.6 Å². The number of hydrogen-bond acceptors (Lipinski definition) is 4. The minimum atomic E-state index is -0.136. The van der Waals surface area contributed by atoms with Gasteiger partial charge < -0.3 is 20.3 Å². The maximum absolute atomic E-state index is 11.7. The molecule has 0 unspecified atom stereocenters. The lowest BCUT2D eigenvalue weighted by Gasteiger charge is -2.30. The molecule has 2 aliphatic heterocycles. The summed E-state index contributed by atoms with van der Waals surface area (Å²) < 4.78 is 5.45. The first-order valence-electron chi connectivity index (χ1n) is 5.73. The van der Waals surface area contributed by atoms with Crippen LogP contribution in [0, 0.1) is 0 Å². The van der Waals surface area contributed by atoms with Gasteiger partial charge in [0, 0.05) is 26.2 Å². The third kappa shape index (κ3) is 3.07. The normalized spacial score (nSPS) is 23.9. The SMILES string of the molecule is O=C(OC1CCNCC1)N1CCNCC1. The fourth-order valence-electron chi connectivity index (χ4n) is 1.98. The summed E-state index contributed by atoms with van der Waals surface area (Å²) in [5, 5.41) is 6.47. The third-order valence-electron chi connectivity index (χ3n) is 2.93. The second-order valence-electron chi connectivity index (χ2n) is 4.07. The van der Waals surface area contributed by atoms with E-state index in [0.29, 0.717) is 0 Å². The van der Waals surface area contributed by atoms with Crippen molar-refractivity contribution in [1.29, 1.82) is 0 Å². The molecule has 2 fully saturated rings. The highest BCUT2D eigenvalue weighted by molar-refractivity contribution is 5.68. The first-order valence-corrected chi connectivity index (χ1v) is 5.73. The van der Waals surface area contributed by atoms with E-state index < -0.39 is 0 Å². The van der Waals surface area contributed by atoms with E-state index in [-0.39, 0.29) is 12.2 Å². The average molecular weight is 213 g/mol. The molecule has 86 valence electrons. The number of carbonyl (C=O) groups is 1. The molecule has 15 heavy (non-hydrogen) atoms. The van der Waals surface area contributed by atoms with Gasteiger partial charge in [-0.15, -0.1) is 0 Å². The van der Waals surface area contributed by atoms with Gasteiger partial charge in [-0.05, 0) is 25.9 Å². The molecule has 2 heterocycles. The van der Waals surface area contributed by atoms with Gasteiger partial charge in [0.1, 0.15) is 6.10 Å². The third-order valence-corrected chi connectivity index (χ3v) is 2.93. The predicted octanol–water partition coefficient (Wildman–Crippen LogP) is -0.220. The highest BCUT2D eigenvalue weighted by atomic mass is 16.6. The number of nitrogens with one attached hydrogen (secondary N) is 2. The molecule has 2 rings (SSSR count). The summed E-state index contributed by atoms with van der Waals surface area (Å²) in [4.78, 5) is 13.5. The predicted molar refractivity (Wildman–Crippen MR) is 56.8 cm³/mol. The lowest BCUT2D eigenvalue weighted by Crippen LogP contribution is -2.48. The van der Waals surface area contributed by atoms with Crippen LogP contribution in [-0.2, 0) is 4.74 Å². The number of rotatable bonds is 1. The van der Waals surface area contributed by atoms with Crippen LogP contribution in [0.5, 0.6) is 0 Å². The molecule has 0 spiro atoms. The van der Waals surface area contributed by atoms with E-state index in [1.807, 2.05) is 0 Å². The van der Waals surface area contributed by atoms with Crippen molar-refractivity contribution in [2.24, 2.45) is 0 Å². The maximum Gasteiger partial charge on any atom is 0.410 e. The van der Waals surface area contributed by atoms with E-state index >= 15 is 0 Å². The molecule has 5 heteroatoms. The van der Waals surface area contributed by atoms with Crippen molar-refractivity contribution < 1.29 is 9.53 Å². The minimum Gasteiger partial charge on any atom is -0.446 e. The van der Waals surface area contributed by atoms with Gasteiger partial charge in [-0.3, -0.25) is 0 Å². The van der Waals surface area contributed by atoms with Crippen molar-refractivity contribution in [1.82, 2.24) is 15.5 Å². The molecular formula is C10H19N3O2. The summed E-state index contributed by atoms with van der Waals surface area (Å²) in [6, 6.07) is 0. The van der Waals surface area contributed by atoms with Gasteiger partial charge in [-0.1, -0.05) is 0 Å².